The van der Waals surface area contributed by atoms with Crippen molar-refractivity contribution in [1.82, 2.24) is 10.3 Å². The number of hydrogen-bond donors (Lipinski definition) is 3. The summed E-state index contributed by atoms with van der Waals surface area (Å²) >= 11 is 0.891. The average molecular weight is 477 g/mol. The minimum absolute atomic E-state index is 0. The number of halogens is 2. The number of hydrogen-bond acceptors (Lipinski definition) is 8. The third-order valence-electron chi connectivity index (χ3n) is 4.29. The number of anilines is 1. The predicted molar refractivity (Wildman–Crippen MR) is 111 cm³/mol. The number of aliphatic hydroxyl groups is 2. The van der Waals surface area contributed by atoms with E-state index >= 15 is 0 Å². The highest BCUT2D eigenvalue weighted by atomic mass is 32.2. The van der Waals surface area contributed by atoms with Crippen LogP contribution < -0.4 is 9.62 Å². The van der Waals surface area contributed by atoms with Crippen molar-refractivity contribution >= 4 is 32.4 Å². The van der Waals surface area contributed by atoms with Crippen molar-refractivity contribution in [2.24, 2.45) is 0 Å². The Labute approximate surface area is 183 Å². The number of carbonyl (C=O) groups excluding carboxylic acids is 1. The zero-order valence-corrected chi connectivity index (χ0v) is 18.1. The van der Waals surface area contributed by atoms with Crippen molar-refractivity contribution in [2.75, 3.05) is 17.6 Å². The van der Waals surface area contributed by atoms with Crippen LogP contribution in [0.5, 0.6) is 0 Å². The third-order valence-corrected chi connectivity index (χ3v) is 6.49. The van der Waals surface area contributed by atoms with Gasteiger partial charge >= 0.3 is 0 Å². The lowest BCUT2D eigenvalue weighted by atomic mass is 9.96. The fraction of sp³-hybridized carbons (Fsp3) is 0.389. The summed E-state index contributed by atoms with van der Waals surface area (Å²) in [6, 6.07) is 3.13. The van der Waals surface area contributed by atoms with Gasteiger partial charge in [-0.25, -0.2) is 26.5 Å². The van der Waals surface area contributed by atoms with Crippen LogP contribution in [0.3, 0.4) is 0 Å². The van der Waals surface area contributed by atoms with E-state index in [1.807, 2.05) is 0 Å². The van der Waals surface area contributed by atoms with E-state index in [9.17, 15) is 32.2 Å². The van der Waals surface area contributed by atoms with Crippen LogP contribution in [0.2, 0.25) is 0 Å². The van der Waals surface area contributed by atoms with Gasteiger partial charge in [0.25, 0.3) is 5.91 Å². The molecule has 1 heterocycles. The molecule has 1 aromatic carbocycles. The number of thiazole rings is 1. The SMILES string of the molecule is CN(c1nc(C(=O)NC(Cc2cc(F)cc(F)c2)C(O)C(O)CC#N)cs1)S(C)(=O)=O.[HH]. The molecular formula is C18H22F2N4O5S2. The molecule has 3 N–H and O–H groups in total. The number of nitrogens with zero attached hydrogens (tertiary/aromatic N) is 3. The molecule has 2 rings (SSSR count). The second-order valence-corrected chi connectivity index (χ2v) is 9.58. The van der Waals surface area contributed by atoms with E-state index in [0.717, 1.165) is 34.0 Å². The van der Waals surface area contributed by atoms with Crippen molar-refractivity contribution in [3.8, 4) is 6.07 Å². The van der Waals surface area contributed by atoms with Crippen LogP contribution in [-0.2, 0) is 16.4 Å². The summed E-state index contributed by atoms with van der Waals surface area (Å²) in [5, 5.41) is 32.9. The predicted octanol–water partition coefficient (Wildman–Crippen LogP) is 1.04. The van der Waals surface area contributed by atoms with Crippen LogP contribution in [0, 0.1) is 23.0 Å². The van der Waals surface area contributed by atoms with E-state index in [4.69, 9.17) is 5.26 Å². The second-order valence-electron chi connectivity index (χ2n) is 6.73. The first-order chi connectivity index (χ1) is 14.4. The molecule has 0 fully saturated rings. The van der Waals surface area contributed by atoms with Crippen molar-refractivity contribution in [3.63, 3.8) is 0 Å². The van der Waals surface area contributed by atoms with Crippen LogP contribution in [0.15, 0.2) is 23.6 Å². The van der Waals surface area contributed by atoms with Gasteiger partial charge in [0.2, 0.25) is 10.0 Å². The van der Waals surface area contributed by atoms with Crippen molar-refractivity contribution in [3.05, 3.63) is 46.5 Å². The number of rotatable bonds is 9. The minimum Gasteiger partial charge on any atom is -0.389 e. The summed E-state index contributed by atoms with van der Waals surface area (Å²) in [6.45, 7) is 0. The maximum absolute atomic E-state index is 13.5. The maximum Gasteiger partial charge on any atom is 0.271 e. The fourth-order valence-electron chi connectivity index (χ4n) is 2.62. The molecule has 0 spiro atoms. The summed E-state index contributed by atoms with van der Waals surface area (Å²) in [5.74, 6) is -2.53. The van der Waals surface area contributed by atoms with Crippen molar-refractivity contribution < 1.29 is 33.6 Å². The van der Waals surface area contributed by atoms with Gasteiger partial charge in [0.15, 0.2) is 5.13 Å². The number of amides is 1. The number of benzene rings is 1. The van der Waals surface area contributed by atoms with Crippen molar-refractivity contribution in [1.29, 1.82) is 5.26 Å². The molecule has 0 saturated carbocycles. The summed E-state index contributed by atoms with van der Waals surface area (Å²) in [5.41, 5.74) is -0.0605. The second kappa shape index (κ2) is 10.1. The summed E-state index contributed by atoms with van der Waals surface area (Å²) in [4.78, 5) is 16.6. The Bertz CT molecular complexity index is 1070. The monoisotopic (exact) mass is 476 g/mol. The van der Waals surface area contributed by atoms with Gasteiger partial charge in [0, 0.05) is 19.9 Å². The Hall–Kier alpha value is -2.66. The zero-order valence-electron chi connectivity index (χ0n) is 16.5. The number of aromatic nitrogens is 1. The van der Waals surface area contributed by atoms with Gasteiger partial charge in [0.05, 0.1) is 30.9 Å². The first kappa shape index (κ1) is 24.6. The quantitative estimate of drug-likeness (QED) is 0.491. The molecule has 13 heteroatoms. The summed E-state index contributed by atoms with van der Waals surface area (Å²) in [6.07, 6.45) is -2.90. The zero-order chi connectivity index (χ0) is 23.3. The number of nitriles is 1. The lowest BCUT2D eigenvalue weighted by Gasteiger charge is -2.26. The minimum atomic E-state index is -3.60. The van der Waals surface area contributed by atoms with Gasteiger partial charge < -0.3 is 15.5 Å². The van der Waals surface area contributed by atoms with Crippen LogP contribution in [-0.4, -0.2) is 61.1 Å². The standard InChI is InChI=1S/C18H20F2N4O5S2.H2/c1-24(31(2,28)29)18-23-14(9-30-18)17(27)22-13(16(26)15(25)3-4-21)7-10-5-11(19)8-12(20)6-10;/h5-6,8-9,13,15-16,25-26H,3,7H2,1-2H3,(H,22,27);1H. The highest BCUT2D eigenvalue weighted by Crippen LogP contribution is 2.22. The molecule has 0 bridgehead atoms. The molecule has 0 aliphatic heterocycles. The Kier molecular flexibility index (Phi) is 8.02. The van der Waals surface area contributed by atoms with Gasteiger partial charge in [-0.15, -0.1) is 11.3 Å². The molecule has 1 amide bonds. The van der Waals surface area contributed by atoms with Gasteiger partial charge in [0.1, 0.15) is 23.4 Å². The third kappa shape index (κ3) is 6.66. The van der Waals surface area contributed by atoms with Crippen LogP contribution >= 0.6 is 11.3 Å². The first-order valence-corrected chi connectivity index (χ1v) is 11.5. The molecule has 0 aliphatic rings. The first-order valence-electron chi connectivity index (χ1n) is 8.80. The molecule has 0 aliphatic carbocycles. The number of aliphatic hydroxyl groups excluding tert-OH is 2. The van der Waals surface area contributed by atoms with Crippen LogP contribution in [0.1, 0.15) is 23.9 Å². The Balaban J connectivity index is 0.00000512. The summed E-state index contributed by atoms with van der Waals surface area (Å²) in [7, 11) is -2.33. The van der Waals surface area contributed by atoms with Gasteiger partial charge in [-0.3, -0.25) is 4.79 Å². The maximum atomic E-state index is 13.5. The number of nitrogens with one attached hydrogen (secondary N) is 1. The van der Waals surface area contributed by atoms with Gasteiger partial charge in [-0.2, -0.15) is 5.26 Å². The topological polar surface area (TPSA) is 144 Å². The molecule has 9 nitrogen and oxygen atoms in total. The van der Waals surface area contributed by atoms with E-state index in [1.54, 1.807) is 6.07 Å². The molecule has 3 atom stereocenters. The highest BCUT2D eigenvalue weighted by molar-refractivity contribution is 7.92. The smallest absolute Gasteiger partial charge is 0.271 e. The molecule has 0 saturated heterocycles. The van der Waals surface area contributed by atoms with Crippen molar-refractivity contribution in [2.45, 2.75) is 31.1 Å². The Morgan fingerprint density at radius 1 is 1.35 bits per heavy atom. The molecule has 31 heavy (non-hydrogen) atoms. The van der Waals surface area contributed by atoms with Crippen LogP contribution in [0.4, 0.5) is 13.9 Å². The number of sulfonamides is 1. The van der Waals surface area contributed by atoms with Crippen LogP contribution in [0.25, 0.3) is 0 Å². The molecule has 3 unspecified atom stereocenters. The van der Waals surface area contributed by atoms with Gasteiger partial charge in [-0.05, 0) is 24.1 Å². The molecule has 0 radical (unpaired) electrons. The Morgan fingerprint density at radius 3 is 2.52 bits per heavy atom. The lowest BCUT2D eigenvalue weighted by Crippen LogP contribution is -2.49. The number of carbonyl (C=O) groups is 1. The fourth-order valence-corrected chi connectivity index (χ4v) is 4.16. The largest absolute Gasteiger partial charge is 0.389 e. The molecular weight excluding hydrogens is 454 g/mol. The molecule has 170 valence electrons. The normalized spacial score (nSPS) is 14.4. The van der Waals surface area contributed by atoms with E-state index in [-0.39, 0.29) is 24.2 Å². The van der Waals surface area contributed by atoms with E-state index in [0.29, 0.717) is 6.07 Å². The molecule has 1 aromatic heterocycles. The van der Waals surface area contributed by atoms with Gasteiger partial charge in [-0.1, -0.05) is 0 Å². The Morgan fingerprint density at radius 2 is 1.97 bits per heavy atom. The van der Waals surface area contributed by atoms with E-state index < -0.39 is 52.2 Å². The lowest BCUT2D eigenvalue weighted by molar-refractivity contribution is -0.000397. The highest BCUT2D eigenvalue weighted by Gasteiger charge is 2.29. The van der Waals surface area contributed by atoms with E-state index in [1.165, 1.54) is 12.4 Å². The van der Waals surface area contributed by atoms with E-state index in [2.05, 4.69) is 10.3 Å². The summed E-state index contributed by atoms with van der Waals surface area (Å²) < 4.78 is 51.1. The average Bonchev–Trinajstić information content (AvgIpc) is 3.15. The molecule has 2 aromatic rings.